The Hall–Kier alpha value is -2.59. The molecule has 0 aliphatic heterocycles. The van der Waals surface area contributed by atoms with Crippen molar-refractivity contribution in [2.45, 2.75) is 0 Å². The maximum Gasteiger partial charge on any atom is 0.337 e. The second-order valence-electron chi connectivity index (χ2n) is 4.91. The van der Waals surface area contributed by atoms with Gasteiger partial charge in [-0.2, -0.15) is 0 Å². The molecule has 1 aromatic heterocycles. The highest BCUT2D eigenvalue weighted by Crippen LogP contribution is 2.39. The minimum absolute atomic E-state index is 0.393. The molecule has 0 saturated carbocycles. The third-order valence-corrected chi connectivity index (χ3v) is 3.94. The van der Waals surface area contributed by atoms with E-state index in [4.69, 9.17) is 21.1 Å². The highest BCUT2D eigenvalue weighted by Gasteiger charge is 2.15. The standard InChI is InChI=1S/C18H14ClNO3/c1-22-17-13(4-3-9-20-17)16-14-10-12(18(21)23-2)6-5-11(14)7-8-15(16)19/h3-10H,1-2H3. The third kappa shape index (κ3) is 2.73. The SMILES string of the molecule is COC(=O)c1ccc2ccc(Cl)c(-c3cccnc3OC)c2c1. The van der Waals surface area contributed by atoms with Gasteiger partial charge < -0.3 is 9.47 Å². The summed E-state index contributed by atoms with van der Waals surface area (Å²) >= 11 is 6.43. The summed E-state index contributed by atoms with van der Waals surface area (Å²) in [6, 6.07) is 12.8. The van der Waals surface area contributed by atoms with E-state index in [1.807, 2.05) is 30.3 Å². The molecule has 0 radical (unpaired) electrons. The van der Waals surface area contributed by atoms with Gasteiger partial charge in [-0.05, 0) is 41.1 Å². The van der Waals surface area contributed by atoms with E-state index in [-0.39, 0.29) is 0 Å². The van der Waals surface area contributed by atoms with Gasteiger partial charge in [0.15, 0.2) is 0 Å². The van der Waals surface area contributed by atoms with Crippen molar-refractivity contribution in [1.29, 1.82) is 0 Å². The molecular weight excluding hydrogens is 314 g/mol. The molecule has 1 heterocycles. The molecule has 0 atom stereocenters. The summed E-state index contributed by atoms with van der Waals surface area (Å²) in [4.78, 5) is 16.0. The van der Waals surface area contributed by atoms with E-state index in [1.54, 1.807) is 25.4 Å². The zero-order valence-electron chi connectivity index (χ0n) is 12.7. The lowest BCUT2D eigenvalue weighted by Crippen LogP contribution is -2.01. The van der Waals surface area contributed by atoms with E-state index in [9.17, 15) is 4.79 Å². The Morgan fingerprint density at radius 3 is 2.65 bits per heavy atom. The van der Waals surface area contributed by atoms with Crippen LogP contribution in [-0.2, 0) is 4.74 Å². The van der Waals surface area contributed by atoms with Crippen LogP contribution in [0.5, 0.6) is 5.88 Å². The van der Waals surface area contributed by atoms with Crippen molar-refractivity contribution in [3.8, 4) is 17.0 Å². The number of halogens is 1. The van der Waals surface area contributed by atoms with E-state index in [1.165, 1.54) is 7.11 Å². The number of hydrogen-bond donors (Lipinski definition) is 0. The number of carbonyl (C=O) groups excluding carboxylic acids is 1. The van der Waals surface area contributed by atoms with Crippen LogP contribution in [-0.4, -0.2) is 25.2 Å². The molecular formula is C18H14ClNO3. The van der Waals surface area contributed by atoms with Gasteiger partial charge in [0, 0.05) is 22.3 Å². The number of aromatic nitrogens is 1. The first-order valence-electron chi connectivity index (χ1n) is 6.95. The van der Waals surface area contributed by atoms with Crippen LogP contribution in [0.15, 0.2) is 48.7 Å². The molecule has 0 spiro atoms. The highest BCUT2D eigenvalue weighted by molar-refractivity contribution is 6.35. The first-order chi connectivity index (χ1) is 11.2. The van der Waals surface area contributed by atoms with E-state index in [0.29, 0.717) is 16.5 Å². The van der Waals surface area contributed by atoms with Crippen LogP contribution in [0.4, 0.5) is 0 Å². The number of pyridine rings is 1. The number of ether oxygens (including phenoxy) is 2. The minimum atomic E-state index is -0.393. The van der Waals surface area contributed by atoms with Crippen LogP contribution >= 0.6 is 11.6 Å². The molecule has 0 bridgehead atoms. The second kappa shape index (κ2) is 6.26. The summed E-state index contributed by atoms with van der Waals surface area (Å²) in [6.45, 7) is 0. The first kappa shape index (κ1) is 15.3. The number of carbonyl (C=O) groups is 1. The molecule has 0 aliphatic rings. The fraction of sp³-hybridized carbons (Fsp3) is 0.111. The van der Waals surface area contributed by atoms with E-state index in [0.717, 1.165) is 21.9 Å². The predicted molar refractivity (Wildman–Crippen MR) is 90.1 cm³/mol. The van der Waals surface area contributed by atoms with Crippen LogP contribution in [0, 0.1) is 0 Å². The lowest BCUT2D eigenvalue weighted by atomic mass is 9.97. The van der Waals surface area contributed by atoms with Gasteiger partial charge in [0.05, 0.1) is 19.8 Å². The topological polar surface area (TPSA) is 48.4 Å². The predicted octanol–water partition coefficient (Wildman–Crippen LogP) is 4.35. The molecule has 0 N–H and O–H groups in total. The van der Waals surface area contributed by atoms with Gasteiger partial charge in [-0.3, -0.25) is 0 Å². The first-order valence-corrected chi connectivity index (χ1v) is 7.33. The van der Waals surface area contributed by atoms with Crippen LogP contribution in [0.2, 0.25) is 5.02 Å². The summed E-state index contributed by atoms with van der Waals surface area (Å²) in [5.41, 5.74) is 2.01. The summed E-state index contributed by atoms with van der Waals surface area (Å²) in [7, 11) is 2.92. The van der Waals surface area contributed by atoms with Crippen molar-refractivity contribution in [1.82, 2.24) is 4.98 Å². The maximum atomic E-state index is 11.8. The van der Waals surface area contributed by atoms with Gasteiger partial charge in [-0.1, -0.05) is 23.7 Å². The average molecular weight is 328 g/mol. The zero-order chi connectivity index (χ0) is 16.4. The molecule has 3 aromatic rings. The smallest absolute Gasteiger partial charge is 0.337 e. The Morgan fingerprint density at radius 2 is 1.91 bits per heavy atom. The Kier molecular flexibility index (Phi) is 4.17. The lowest BCUT2D eigenvalue weighted by Gasteiger charge is -2.13. The van der Waals surface area contributed by atoms with Crippen molar-refractivity contribution in [2.24, 2.45) is 0 Å². The average Bonchev–Trinajstić information content (AvgIpc) is 2.60. The lowest BCUT2D eigenvalue weighted by molar-refractivity contribution is 0.0601. The summed E-state index contributed by atoms with van der Waals surface area (Å²) in [5.74, 6) is 0.0846. The summed E-state index contributed by atoms with van der Waals surface area (Å²) in [5, 5.41) is 2.36. The molecule has 5 heteroatoms. The number of hydrogen-bond acceptors (Lipinski definition) is 4. The number of esters is 1. The van der Waals surface area contributed by atoms with Gasteiger partial charge in [0.25, 0.3) is 0 Å². The molecule has 0 amide bonds. The molecule has 23 heavy (non-hydrogen) atoms. The maximum absolute atomic E-state index is 11.8. The Bertz CT molecular complexity index is 893. The molecule has 0 aliphatic carbocycles. The van der Waals surface area contributed by atoms with Crippen LogP contribution in [0.3, 0.4) is 0 Å². The third-order valence-electron chi connectivity index (χ3n) is 3.63. The number of rotatable bonds is 3. The van der Waals surface area contributed by atoms with Crippen LogP contribution < -0.4 is 4.74 Å². The fourth-order valence-corrected chi connectivity index (χ4v) is 2.82. The van der Waals surface area contributed by atoms with E-state index >= 15 is 0 Å². The zero-order valence-corrected chi connectivity index (χ0v) is 13.4. The van der Waals surface area contributed by atoms with Crippen molar-refractivity contribution >= 4 is 28.3 Å². The number of fused-ring (bicyclic) bond motifs is 1. The van der Waals surface area contributed by atoms with Crippen LogP contribution in [0.25, 0.3) is 21.9 Å². The van der Waals surface area contributed by atoms with Crippen LogP contribution in [0.1, 0.15) is 10.4 Å². The van der Waals surface area contributed by atoms with Gasteiger partial charge in [-0.15, -0.1) is 0 Å². The van der Waals surface area contributed by atoms with Crippen molar-refractivity contribution in [2.75, 3.05) is 14.2 Å². The molecule has 2 aromatic carbocycles. The molecule has 0 fully saturated rings. The Labute approximate surface area is 138 Å². The normalized spacial score (nSPS) is 10.6. The molecule has 0 unspecified atom stereocenters. The van der Waals surface area contributed by atoms with Gasteiger partial charge >= 0.3 is 5.97 Å². The van der Waals surface area contributed by atoms with Gasteiger partial charge in [-0.25, -0.2) is 9.78 Å². The fourth-order valence-electron chi connectivity index (χ4n) is 2.56. The molecule has 4 nitrogen and oxygen atoms in total. The summed E-state index contributed by atoms with van der Waals surface area (Å²) < 4.78 is 10.1. The Balaban J connectivity index is 2.34. The number of nitrogens with zero attached hydrogens (tertiary/aromatic N) is 1. The molecule has 3 rings (SSSR count). The Morgan fingerprint density at radius 1 is 1.13 bits per heavy atom. The number of benzene rings is 2. The van der Waals surface area contributed by atoms with Crippen molar-refractivity contribution < 1.29 is 14.3 Å². The van der Waals surface area contributed by atoms with Crippen molar-refractivity contribution in [3.63, 3.8) is 0 Å². The second-order valence-corrected chi connectivity index (χ2v) is 5.32. The van der Waals surface area contributed by atoms with E-state index in [2.05, 4.69) is 4.98 Å². The largest absolute Gasteiger partial charge is 0.481 e. The number of methoxy groups -OCH3 is 2. The highest BCUT2D eigenvalue weighted by atomic mass is 35.5. The van der Waals surface area contributed by atoms with Gasteiger partial charge in [0.2, 0.25) is 5.88 Å². The van der Waals surface area contributed by atoms with E-state index < -0.39 is 5.97 Å². The minimum Gasteiger partial charge on any atom is -0.481 e. The summed E-state index contributed by atoms with van der Waals surface area (Å²) in [6.07, 6.45) is 1.65. The monoisotopic (exact) mass is 327 g/mol. The molecule has 116 valence electrons. The van der Waals surface area contributed by atoms with Gasteiger partial charge in [0.1, 0.15) is 0 Å². The quantitative estimate of drug-likeness (QED) is 0.671. The van der Waals surface area contributed by atoms with Crippen molar-refractivity contribution in [3.05, 3.63) is 59.2 Å². The molecule has 0 saturated heterocycles.